The largest absolute Gasteiger partial charge is 0.479 e. The second-order valence-electron chi connectivity index (χ2n) is 3.38. The molecule has 0 saturated carbocycles. The molecule has 0 radical (unpaired) electrons. The van der Waals surface area contributed by atoms with Gasteiger partial charge in [-0.15, -0.1) is 0 Å². The van der Waals surface area contributed by atoms with Gasteiger partial charge in [0.25, 0.3) is 5.91 Å². The van der Waals surface area contributed by atoms with E-state index in [1.54, 1.807) is 18.2 Å². The summed E-state index contributed by atoms with van der Waals surface area (Å²) in [4.78, 5) is 22.5. The third kappa shape index (κ3) is 3.78. The fourth-order valence-corrected chi connectivity index (χ4v) is 1.43. The summed E-state index contributed by atoms with van der Waals surface area (Å²) in [5, 5.41) is 4.90. The summed E-state index contributed by atoms with van der Waals surface area (Å²) in [7, 11) is 1.40. The predicted octanol–water partition coefficient (Wildman–Crippen LogP) is 2.22. The molecule has 0 unspecified atom stereocenters. The van der Waals surface area contributed by atoms with E-state index in [0.717, 1.165) is 0 Å². The van der Waals surface area contributed by atoms with Crippen molar-refractivity contribution in [3.05, 3.63) is 28.2 Å². The van der Waals surface area contributed by atoms with Crippen molar-refractivity contribution in [3.8, 4) is 5.75 Å². The molecule has 1 aromatic carbocycles. The smallest absolute Gasteiger partial charge is 0.321 e. The number of imide groups is 1. The lowest BCUT2D eigenvalue weighted by molar-refractivity contribution is -0.126. The molecule has 1 atom stereocenters. The van der Waals surface area contributed by atoms with Crippen molar-refractivity contribution >= 4 is 35.1 Å². The predicted molar refractivity (Wildman–Crippen MR) is 69.2 cm³/mol. The van der Waals surface area contributed by atoms with E-state index in [2.05, 4.69) is 10.6 Å². The second-order valence-corrected chi connectivity index (χ2v) is 4.17. The highest BCUT2D eigenvalue weighted by atomic mass is 35.5. The molecule has 18 heavy (non-hydrogen) atoms. The monoisotopic (exact) mass is 290 g/mol. The molecular weight excluding hydrogens is 279 g/mol. The van der Waals surface area contributed by atoms with Gasteiger partial charge in [0.05, 0.1) is 5.02 Å². The Morgan fingerprint density at radius 3 is 2.61 bits per heavy atom. The van der Waals surface area contributed by atoms with Crippen LogP contribution in [0.4, 0.5) is 4.79 Å². The first kappa shape index (κ1) is 14.6. The molecule has 0 saturated heterocycles. The minimum Gasteiger partial charge on any atom is -0.479 e. The molecule has 1 aromatic rings. The molecule has 0 spiro atoms. The normalized spacial score (nSPS) is 11.6. The minimum absolute atomic E-state index is 0.221. The number of hydrogen-bond donors (Lipinski definition) is 2. The number of halogens is 2. The van der Waals surface area contributed by atoms with Gasteiger partial charge in [0, 0.05) is 7.05 Å². The van der Waals surface area contributed by atoms with E-state index in [4.69, 9.17) is 27.9 Å². The number of benzene rings is 1. The van der Waals surface area contributed by atoms with Crippen LogP contribution in [0, 0.1) is 0 Å². The summed E-state index contributed by atoms with van der Waals surface area (Å²) in [5.74, 6) is -0.297. The maximum Gasteiger partial charge on any atom is 0.321 e. The lowest BCUT2D eigenvalue weighted by Crippen LogP contribution is -2.43. The molecule has 0 heterocycles. The Morgan fingerprint density at radius 2 is 2.00 bits per heavy atom. The highest BCUT2D eigenvalue weighted by Gasteiger charge is 2.18. The third-order valence-electron chi connectivity index (χ3n) is 2.05. The average Bonchev–Trinajstić information content (AvgIpc) is 2.34. The molecule has 7 heteroatoms. The van der Waals surface area contributed by atoms with Gasteiger partial charge >= 0.3 is 6.03 Å². The van der Waals surface area contributed by atoms with E-state index in [1.807, 2.05) is 0 Å². The molecule has 1 rings (SSSR count). The number of ether oxygens (including phenoxy) is 1. The van der Waals surface area contributed by atoms with Crippen LogP contribution in [0.5, 0.6) is 5.75 Å². The van der Waals surface area contributed by atoms with Gasteiger partial charge in [-0.3, -0.25) is 10.1 Å². The number of carbonyl (C=O) groups is 2. The molecule has 0 aliphatic heterocycles. The van der Waals surface area contributed by atoms with Crippen molar-refractivity contribution in [1.29, 1.82) is 0 Å². The molecule has 5 nitrogen and oxygen atoms in total. The zero-order valence-electron chi connectivity index (χ0n) is 9.79. The number of nitrogens with one attached hydrogen (secondary N) is 2. The zero-order chi connectivity index (χ0) is 13.7. The van der Waals surface area contributed by atoms with E-state index in [0.29, 0.717) is 5.02 Å². The fraction of sp³-hybridized carbons (Fsp3) is 0.273. The average molecular weight is 291 g/mol. The molecule has 0 fully saturated rings. The Bertz CT molecular complexity index is 466. The number of hydrogen-bond acceptors (Lipinski definition) is 3. The number of urea groups is 1. The van der Waals surface area contributed by atoms with E-state index in [1.165, 1.54) is 14.0 Å². The molecular formula is C11H12Cl2N2O3. The van der Waals surface area contributed by atoms with Crippen LogP contribution in [-0.2, 0) is 4.79 Å². The second kappa shape index (κ2) is 6.47. The fourth-order valence-electron chi connectivity index (χ4n) is 1.10. The van der Waals surface area contributed by atoms with Crippen LogP contribution in [0.25, 0.3) is 0 Å². The van der Waals surface area contributed by atoms with E-state index in [9.17, 15) is 9.59 Å². The van der Waals surface area contributed by atoms with Gasteiger partial charge in [-0.05, 0) is 19.1 Å². The van der Waals surface area contributed by atoms with Gasteiger partial charge in [0.1, 0.15) is 10.8 Å². The van der Waals surface area contributed by atoms with Crippen LogP contribution in [0.2, 0.25) is 10.0 Å². The van der Waals surface area contributed by atoms with Gasteiger partial charge in [-0.25, -0.2) is 4.79 Å². The summed E-state index contributed by atoms with van der Waals surface area (Å²) < 4.78 is 5.32. The van der Waals surface area contributed by atoms with Gasteiger partial charge in [-0.2, -0.15) is 0 Å². The van der Waals surface area contributed by atoms with Gasteiger partial charge in [0.15, 0.2) is 6.10 Å². The van der Waals surface area contributed by atoms with Crippen LogP contribution in [0.15, 0.2) is 18.2 Å². The van der Waals surface area contributed by atoms with Crippen molar-refractivity contribution in [1.82, 2.24) is 10.6 Å². The third-order valence-corrected chi connectivity index (χ3v) is 2.85. The van der Waals surface area contributed by atoms with Gasteiger partial charge < -0.3 is 10.1 Å². The lowest BCUT2D eigenvalue weighted by Gasteiger charge is -2.15. The van der Waals surface area contributed by atoms with Gasteiger partial charge in [0.2, 0.25) is 0 Å². The summed E-state index contributed by atoms with van der Waals surface area (Å²) in [5.41, 5.74) is 0. The van der Waals surface area contributed by atoms with Crippen LogP contribution >= 0.6 is 23.2 Å². The Kier molecular flexibility index (Phi) is 5.25. The van der Waals surface area contributed by atoms with Crippen molar-refractivity contribution in [2.45, 2.75) is 13.0 Å². The Balaban J connectivity index is 2.69. The quantitative estimate of drug-likeness (QED) is 0.897. The van der Waals surface area contributed by atoms with Crippen LogP contribution in [0.1, 0.15) is 6.92 Å². The Hall–Kier alpha value is -1.46. The topological polar surface area (TPSA) is 67.4 Å². The Labute approximate surface area is 114 Å². The maximum atomic E-state index is 11.5. The lowest BCUT2D eigenvalue weighted by atomic mass is 10.3. The highest BCUT2D eigenvalue weighted by Crippen LogP contribution is 2.31. The van der Waals surface area contributed by atoms with Crippen molar-refractivity contribution < 1.29 is 14.3 Å². The highest BCUT2D eigenvalue weighted by molar-refractivity contribution is 6.42. The zero-order valence-corrected chi connectivity index (χ0v) is 11.3. The number of rotatable bonds is 3. The van der Waals surface area contributed by atoms with E-state index >= 15 is 0 Å². The first-order chi connectivity index (χ1) is 8.45. The molecule has 98 valence electrons. The van der Waals surface area contributed by atoms with Crippen molar-refractivity contribution in [2.24, 2.45) is 0 Å². The first-order valence-corrected chi connectivity index (χ1v) is 5.84. The number of amides is 3. The van der Waals surface area contributed by atoms with Crippen molar-refractivity contribution in [2.75, 3.05) is 7.05 Å². The van der Waals surface area contributed by atoms with Crippen LogP contribution in [0.3, 0.4) is 0 Å². The van der Waals surface area contributed by atoms with E-state index in [-0.39, 0.29) is 10.8 Å². The molecule has 2 N–H and O–H groups in total. The maximum absolute atomic E-state index is 11.5. The molecule has 0 aliphatic carbocycles. The van der Waals surface area contributed by atoms with Crippen LogP contribution in [-0.4, -0.2) is 25.1 Å². The van der Waals surface area contributed by atoms with E-state index < -0.39 is 18.0 Å². The SMILES string of the molecule is CNC(=O)NC(=O)[C@@H](C)Oc1cccc(Cl)c1Cl. The molecule has 0 aliphatic rings. The summed E-state index contributed by atoms with van der Waals surface area (Å²) >= 11 is 11.7. The molecule has 0 aromatic heterocycles. The Morgan fingerprint density at radius 1 is 1.33 bits per heavy atom. The minimum atomic E-state index is -0.877. The number of carbonyl (C=O) groups excluding carboxylic acids is 2. The summed E-state index contributed by atoms with van der Waals surface area (Å²) in [6.45, 7) is 1.50. The standard InChI is InChI=1S/C11H12Cl2N2O3/c1-6(10(16)15-11(17)14-2)18-8-5-3-4-7(12)9(8)13/h3-6H,1-2H3,(H2,14,15,16,17)/t6-/m1/s1. The summed E-state index contributed by atoms with van der Waals surface area (Å²) in [6, 6.07) is 4.23. The van der Waals surface area contributed by atoms with Gasteiger partial charge in [-0.1, -0.05) is 29.3 Å². The van der Waals surface area contributed by atoms with Crippen molar-refractivity contribution in [3.63, 3.8) is 0 Å². The van der Waals surface area contributed by atoms with Crippen LogP contribution < -0.4 is 15.4 Å². The first-order valence-electron chi connectivity index (χ1n) is 5.09. The molecule has 0 bridgehead atoms. The summed E-state index contributed by atoms with van der Waals surface area (Å²) in [6.07, 6.45) is -0.877. The molecule has 3 amide bonds.